The van der Waals surface area contributed by atoms with Gasteiger partial charge in [-0.1, -0.05) is 11.6 Å². The zero-order valence-electron chi connectivity index (χ0n) is 14.4. The first-order valence-electron chi connectivity index (χ1n) is 8.50. The third-order valence-electron chi connectivity index (χ3n) is 4.25. The number of ether oxygens (including phenoxy) is 1. The second kappa shape index (κ2) is 8.33. The minimum absolute atomic E-state index is 0.143. The van der Waals surface area contributed by atoms with Gasteiger partial charge in [-0.3, -0.25) is 9.36 Å². The first kappa shape index (κ1) is 19.7. The average Bonchev–Trinajstić information content (AvgIpc) is 2.63. The summed E-state index contributed by atoms with van der Waals surface area (Å²) < 4.78 is 45.2. The number of hydrogen-bond acceptors (Lipinski definition) is 4. The van der Waals surface area contributed by atoms with Crippen LogP contribution in [0.3, 0.4) is 0 Å². The molecule has 0 aliphatic carbocycles. The number of benzene rings is 1. The molecular weight excluding hydrogens is 383 g/mol. The third-order valence-corrected chi connectivity index (χ3v) is 4.55. The predicted molar refractivity (Wildman–Crippen MR) is 97.8 cm³/mol. The summed E-state index contributed by atoms with van der Waals surface area (Å²) in [6.45, 7) is 3.01. The topological polar surface area (TPSA) is 55.3 Å². The van der Waals surface area contributed by atoms with Gasteiger partial charge in [-0.15, -0.1) is 0 Å². The molecule has 0 bridgehead atoms. The largest absolute Gasteiger partial charge is 0.417 e. The Labute approximate surface area is 159 Å². The van der Waals surface area contributed by atoms with Crippen LogP contribution in [0.15, 0.2) is 41.3 Å². The lowest BCUT2D eigenvalue weighted by Crippen LogP contribution is -2.39. The summed E-state index contributed by atoms with van der Waals surface area (Å²) in [7, 11) is 0. The van der Waals surface area contributed by atoms with Crippen molar-refractivity contribution in [2.45, 2.75) is 18.7 Å². The molecule has 3 rings (SSSR count). The van der Waals surface area contributed by atoms with Crippen molar-refractivity contribution in [3.63, 3.8) is 0 Å². The predicted octanol–water partition coefficient (Wildman–Crippen LogP) is 3.30. The summed E-state index contributed by atoms with van der Waals surface area (Å²) in [5.41, 5.74) is -0.598. The molecule has 2 aromatic rings. The molecule has 5 nitrogen and oxygen atoms in total. The smallest absolute Gasteiger partial charge is 0.385 e. The average molecular weight is 402 g/mol. The van der Waals surface area contributed by atoms with Crippen LogP contribution in [0.1, 0.15) is 12.0 Å². The number of anilines is 1. The van der Waals surface area contributed by atoms with Crippen molar-refractivity contribution >= 4 is 17.3 Å². The maximum absolute atomic E-state index is 12.9. The van der Waals surface area contributed by atoms with Crippen LogP contribution < -0.4 is 16.2 Å². The lowest BCUT2D eigenvalue weighted by molar-refractivity contribution is -0.138. The zero-order chi connectivity index (χ0) is 19.4. The summed E-state index contributed by atoms with van der Waals surface area (Å²) in [4.78, 5) is 12.0. The van der Waals surface area contributed by atoms with E-state index in [1.54, 1.807) is 12.1 Å². The molecule has 2 N–H and O–H groups in total. The zero-order valence-corrected chi connectivity index (χ0v) is 15.1. The fraction of sp³-hybridized carbons (Fsp3) is 0.389. The summed E-state index contributed by atoms with van der Waals surface area (Å²) in [6, 6.07) is 6.41. The Balaban J connectivity index is 1.72. The molecule has 0 amide bonds. The van der Waals surface area contributed by atoms with Crippen molar-refractivity contribution in [2.75, 3.05) is 31.6 Å². The second-order valence-electron chi connectivity index (χ2n) is 6.20. The summed E-state index contributed by atoms with van der Waals surface area (Å²) in [5.74, 6) is 0. The van der Waals surface area contributed by atoms with Gasteiger partial charge in [0.2, 0.25) is 0 Å². The molecule has 1 atom stereocenters. The Bertz CT molecular complexity index is 848. The molecule has 9 heteroatoms. The number of morpholine rings is 1. The van der Waals surface area contributed by atoms with E-state index in [2.05, 4.69) is 10.6 Å². The van der Waals surface area contributed by atoms with Crippen LogP contribution in [0.5, 0.6) is 0 Å². The van der Waals surface area contributed by atoms with Gasteiger partial charge in [0.05, 0.1) is 29.0 Å². The highest BCUT2D eigenvalue weighted by Crippen LogP contribution is 2.30. The number of pyridine rings is 1. The summed E-state index contributed by atoms with van der Waals surface area (Å²) in [6.07, 6.45) is -2.84. The van der Waals surface area contributed by atoms with Crippen LogP contribution in [-0.2, 0) is 10.9 Å². The maximum Gasteiger partial charge on any atom is 0.417 e. The van der Waals surface area contributed by atoms with Crippen molar-refractivity contribution < 1.29 is 17.9 Å². The summed E-state index contributed by atoms with van der Waals surface area (Å²) >= 11 is 6.21. The molecule has 1 fully saturated rings. The van der Waals surface area contributed by atoms with E-state index in [4.69, 9.17) is 16.3 Å². The van der Waals surface area contributed by atoms with Gasteiger partial charge in [0.1, 0.15) is 0 Å². The molecule has 146 valence electrons. The van der Waals surface area contributed by atoms with Crippen LogP contribution in [0.2, 0.25) is 5.02 Å². The lowest BCUT2D eigenvalue weighted by Gasteiger charge is -2.23. The molecule has 1 unspecified atom stereocenters. The highest BCUT2D eigenvalue weighted by atomic mass is 35.5. The van der Waals surface area contributed by atoms with Crippen LogP contribution in [-0.4, -0.2) is 36.9 Å². The van der Waals surface area contributed by atoms with Crippen molar-refractivity contribution in [1.29, 1.82) is 0 Å². The van der Waals surface area contributed by atoms with Crippen molar-refractivity contribution in [1.82, 2.24) is 9.88 Å². The SMILES string of the molecule is O=c1ccc(C(F)(F)F)cn1-c1ccc(NCCC2CNCCO2)cc1Cl. The normalized spacial score (nSPS) is 17.7. The number of halogens is 4. The quantitative estimate of drug-likeness (QED) is 0.807. The second-order valence-corrected chi connectivity index (χ2v) is 6.61. The van der Waals surface area contributed by atoms with E-state index in [1.807, 2.05) is 0 Å². The Morgan fingerprint density at radius 3 is 2.78 bits per heavy atom. The highest BCUT2D eigenvalue weighted by Gasteiger charge is 2.31. The minimum atomic E-state index is -4.54. The monoisotopic (exact) mass is 401 g/mol. The number of alkyl halides is 3. The number of hydrogen-bond donors (Lipinski definition) is 2. The van der Waals surface area contributed by atoms with E-state index >= 15 is 0 Å². The van der Waals surface area contributed by atoms with Crippen LogP contribution in [0, 0.1) is 0 Å². The van der Waals surface area contributed by atoms with Crippen LogP contribution >= 0.6 is 11.6 Å². The Morgan fingerprint density at radius 1 is 1.30 bits per heavy atom. The van der Waals surface area contributed by atoms with Crippen LogP contribution in [0.4, 0.5) is 18.9 Å². The molecule has 1 saturated heterocycles. The van der Waals surface area contributed by atoms with E-state index < -0.39 is 17.3 Å². The van der Waals surface area contributed by atoms with E-state index in [9.17, 15) is 18.0 Å². The van der Waals surface area contributed by atoms with Crippen molar-refractivity contribution in [3.8, 4) is 5.69 Å². The molecule has 1 aromatic heterocycles. The Kier molecular flexibility index (Phi) is 6.08. The highest BCUT2D eigenvalue weighted by molar-refractivity contribution is 6.32. The van der Waals surface area contributed by atoms with E-state index in [1.165, 1.54) is 6.07 Å². The van der Waals surface area contributed by atoms with Gasteiger partial charge in [-0.05, 0) is 30.7 Å². The first-order chi connectivity index (χ1) is 12.8. The van der Waals surface area contributed by atoms with Gasteiger partial charge < -0.3 is 15.4 Å². The fourth-order valence-corrected chi connectivity index (χ4v) is 3.11. The maximum atomic E-state index is 12.9. The first-order valence-corrected chi connectivity index (χ1v) is 8.88. The standard InChI is InChI=1S/C18H19ClF3N3O2/c19-15-9-13(24-6-5-14-10-23-7-8-27-14)2-3-16(15)25-11-12(18(20,21)22)1-4-17(25)26/h1-4,9,11,14,23-24H,5-8,10H2. The molecule has 1 aliphatic rings. The number of aromatic nitrogens is 1. The van der Waals surface area contributed by atoms with Crippen molar-refractivity contribution in [3.05, 3.63) is 57.5 Å². The summed E-state index contributed by atoms with van der Waals surface area (Å²) in [5, 5.41) is 6.63. The van der Waals surface area contributed by atoms with Crippen LogP contribution in [0.25, 0.3) is 5.69 Å². The lowest BCUT2D eigenvalue weighted by atomic mass is 10.2. The van der Waals surface area contributed by atoms with Gasteiger partial charge >= 0.3 is 6.18 Å². The van der Waals surface area contributed by atoms with Gasteiger partial charge in [0.15, 0.2) is 0 Å². The van der Waals surface area contributed by atoms with Crippen molar-refractivity contribution in [2.24, 2.45) is 0 Å². The molecular formula is C18H19ClF3N3O2. The molecule has 0 spiro atoms. The molecule has 0 saturated carbocycles. The molecule has 27 heavy (non-hydrogen) atoms. The number of nitrogens with one attached hydrogen (secondary N) is 2. The number of nitrogens with zero attached hydrogens (tertiary/aromatic N) is 1. The van der Waals surface area contributed by atoms with Gasteiger partial charge in [-0.2, -0.15) is 13.2 Å². The third kappa shape index (κ3) is 5.03. The van der Waals surface area contributed by atoms with E-state index in [0.29, 0.717) is 18.8 Å². The van der Waals surface area contributed by atoms with E-state index in [0.717, 1.165) is 42.4 Å². The molecule has 0 radical (unpaired) electrons. The Morgan fingerprint density at radius 2 is 2.11 bits per heavy atom. The van der Waals surface area contributed by atoms with Gasteiger partial charge in [-0.25, -0.2) is 0 Å². The number of rotatable bonds is 5. The van der Waals surface area contributed by atoms with E-state index in [-0.39, 0.29) is 16.8 Å². The molecule has 1 aliphatic heterocycles. The fourth-order valence-electron chi connectivity index (χ4n) is 2.84. The van der Waals surface area contributed by atoms with Gasteiger partial charge in [0, 0.05) is 37.6 Å². The minimum Gasteiger partial charge on any atom is -0.385 e. The van der Waals surface area contributed by atoms with Gasteiger partial charge in [0.25, 0.3) is 5.56 Å². The molecule has 1 aromatic carbocycles. The molecule has 2 heterocycles. The Hall–Kier alpha value is -2.03.